The maximum Gasteiger partial charge on any atom is 0.224 e. The molecule has 0 radical (unpaired) electrons. The summed E-state index contributed by atoms with van der Waals surface area (Å²) in [7, 11) is 2.12. The summed E-state index contributed by atoms with van der Waals surface area (Å²) in [6.07, 6.45) is 5.04. The Morgan fingerprint density at radius 1 is 1.23 bits per heavy atom. The van der Waals surface area contributed by atoms with E-state index in [2.05, 4.69) is 18.0 Å². The van der Waals surface area contributed by atoms with Crippen LogP contribution in [0.15, 0.2) is 24.3 Å². The van der Waals surface area contributed by atoms with Gasteiger partial charge < -0.3 is 14.9 Å². The molecule has 0 aromatic heterocycles. The Kier molecular flexibility index (Phi) is 4.67. The van der Waals surface area contributed by atoms with Gasteiger partial charge in [0, 0.05) is 25.6 Å². The Hall–Kier alpha value is -1.55. The number of phenolic OH excluding ortho intramolecular Hbond substituents is 1. The van der Waals surface area contributed by atoms with Crippen molar-refractivity contribution in [3.63, 3.8) is 0 Å². The molecule has 0 bridgehead atoms. The monoisotopic (exact) mass is 302 g/mol. The van der Waals surface area contributed by atoms with Crippen LogP contribution in [0.5, 0.6) is 5.75 Å². The van der Waals surface area contributed by atoms with Crippen LogP contribution in [0.1, 0.15) is 43.6 Å². The van der Waals surface area contributed by atoms with Crippen molar-refractivity contribution in [2.24, 2.45) is 0 Å². The van der Waals surface area contributed by atoms with Crippen LogP contribution in [0.2, 0.25) is 0 Å². The van der Waals surface area contributed by atoms with Gasteiger partial charge in [-0.15, -0.1) is 0 Å². The van der Waals surface area contributed by atoms with Crippen LogP contribution in [0.3, 0.4) is 0 Å². The predicted octanol–water partition coefficient (Wildman–Crippen LogP) is 2.58. The fourth-order valence-electron chi connectivity index (χ4n) is 3.81. The molecule has 1 aromatic carbocycles. The number of benzene rings is 1. The molecule has 22 heavy (non-hydrogen) atoms. The highest BCUT2D eigenvalue weighted by atomic mass is 16.3. The molecule has 0 saturated carbocycles. The zero-order chi connectivity index (χ0) is 15.5. The van der Waals surface area contributed by atoms with E-state index in [9.17, 15) is 9.90 Å². The highest BCUT2D eigenvalue weighted by molar-refractivity contribution is 5.77. The molecule has 2 aliphatic rings. The summed E-state index contributed by atoms with van der Waals surface area (Å²) in [5.41, 5.74) is 1.20. The quantitative estimate of drug-likeness (QED) is 0.933. The zero-order valence-corrected chi connectivity index (χ0v) is 13.4. The Balaban J connectivity index is 1.52. The summed E-state index contributed by atoms with van der Waals surface area (Å²) >= 11 is 0. The lowest BCUT2D eigenvalue weighted by molar-refractivity contribution is -0.133. The fourth-order valence-corrected chi connectivity index (χ4v) is 3.81. The standard InChI is InChI=1S/C18H26N2O2/c1-19-9-3-5-16(19)13-18(22)20-10-7-14(8-11-20)15-4-2-6-17(21)12-15/h2,4,6,12,14,16,21H,3,5,7-11,13H2,1H3/t16-/m1/s1. The summed E-state index contributed by atoms with van der Waals surface area (Å²) in [6.45, 7) is 2.81. The molecule has 120 valence electrons. The van der Waals surface area contributed by atoms with Crippen molar-refractivity contribution in [2.75, 3.05) is 26.7 Å². The van der Waals surface area contributed by atoms with Gasteiger partial charge in [-0.05, 0) is 62.9 Å². The first-order chi connectivity index (χ1) is 10.6. The Morgan fingerprint density at radius 2 is 2.00 bits per heavy atom. The molecule has 2 heterocycles. The van der Waals surface area contributed by atoms with Crippen molar-refractivity contribution >= 4 is 5.91 Å². The van der Waals surface area contributed by atoms with Gasteiger partial charge in [-0.3, -0.25) is 4.79 Å². The summed E-state index contributed by atoms with van der Waals surface area (Å²) in [5, 5.41) is 9.60. The molecule has 3 rings (SSSR count). The molecule has 2 saturated heterocycles. The van der Waals surface area contributed by atoms with Crippen molar-refractivity contribution < 1.29 is 9.90 Å². The van der Waals surface area contributed by atoms with Gasteiger partial charge in [0.1, 0.15) is 5.75 Å². The van der Waals surface area contributed by atoms with Crippen molar-refractivity contribution in [1.82, 2.24) is 9.80 Å². The smallest absolute Gasteiger partial charge is 0.224 e. The number of nitrogens with zero attached hydrogens (tertiary/aromatic N) is 2. The van der Waals surface area contributed by atoms with Crippen molar-refractivity contribution in [2.45, 2.75) is 44.1 Å². The lowest BCUT2D eigenvalue weighted by Crippen LogP contribution is -2.40. The third-order valence-corrected chi connectivity index (χ3v) is 5.27. The van der Waals surface area contributed by atoms with E-state index in [1.807, 2.05) is 17.0 Å². The van der Waals surface area contributed by atoms with Crippen molar-refractivity contribution in [3.05, 3.63) is 29.8 Å². The van der Waals surface area contributed by atoms with Crippen LogP contribution in [-0.4, -0.2) is 53.5 Å². The normalized spacial score (nSPS) is 23.9. The van der Waals surface area contributed by atoms with E-state index in [-0.39, 0.29) is 0 Å². The van der Waals surface area contributed by atoms with E-state index in [0.29, 0.717) is 30.0 Å². The molecule has 1 amide bonds. The van der Waals surface area contributed by atoms with Crippen molar-refractivity contribution in [3.8, 4) is 5.75 Å². The van der Waals surface area contributed by atoms with E-state index >= 15 is 0 Å². The van der Waals surface area contributed by atoms with Gasteiger partial charge in [-0.1, -0.05) is 12.1 Å². The number of carbonyl (C=O) groups excluding carboxylic acids is 1. The van der Waals surface area contributed by atoms with Gasteiger partial charge >= 0.3 is 0 Å². The third kappa shape index (κ3) is 3.43. The van der Waals surface area contributed by atoms with Crippen LogP contribution >= 0.6 is 0 Å². The minimum absolute atomic E-state index is 0.313. The SMILES string of the molecule is CN1CCC[C@@H]1CC(=O)N1CCC(c2cccc(O)c2)CC1. The zero-order valence-electron chi connectivity index (χ0n) is 13.4. The number of carbonyl (C=O) groups is 1. The highest BCUT2D eigenvalue weighted by Crippen LogP contribution is 2.30. The largest absolute Gasteiger partial charge is 0.508 e. The number of rotatable bonds is 3. The Bertz CT molecular complexity index is 524. The first-order valence-corrected chi connectivity index (χ1v) is 8.40. The molecule has 2 aliphatic heterocycles. The summed E-state index contributed by atoms with van der Waals surface area (Å²) in [5.74, 6) is 1.11. The van der Waals surface area contributed by atoms with E-state index < -0.39 is 0 Å². The summed E-state index contributed by atoms with van der Waals surface area (Å²) in [6, 6.07) is 7.99. The van der Waals surface area contributed by atoms with Crippen LogP contribution in [0.25, 0.3) is 0 Å². The number of phenols is 1. The molecular weight excluding hydrogens is 276 g/mol. The van der Waals surface area contributed by atoms with Gasteiger partial charge in [0.25, 0.3) is 0 Å². The number of aromatic hydroxyl groups is 1. The molecule has 0 aliphatic carbocycles. The maximum absolute atomic E-state index is 12.5. The fraction of sp³-hybridized carbons (Fsp3) is 0.611. The Labute approximate surface area is 132 Å². The first kappa shape index (κ1) is 15.3. The van der Waals surface area contributed by atoms with Crippen molar-refractivity contribution in [1.29, 1.82) is 0 Å². The number of piperidine rings is 1. The second-order valence-corrected chi connectivity index (χ2v) is 6.73. The molecule has 4 nitrogen and oxygen atoms in total. The number of hydrogen-bond acceptors (Lipinski definition) is 3. The van der Waals surface area contributed by atoms with Gasteiger partial charge in [0.2, 0.25) is 5.91 Å². The highest BCUT2D eigenvalue weighted by Gasteiger charge is 2.28. The van der Waals surface area contributed by atoms with Gasteiger partial charge in [-0.2, -0.15) is 0 Å². The van der Waals surface area contributed by atoms with Crippen LogP contribution in [0.4, 0.5) is 0 Å². The predicted molar refractivity (Wildman–Crippen MR) is 86.9 cm³/mol. The molecule has 1 aromatic rings. The molecule has 2 fully saturated rings. The second-order valence-electron chi connectivity index (χ2n) is 6.73. The maximum atomic E-state index is 12.5. The molecule has 1 atom stereocenters. The van der Waals surface area contributed by atoms with E-state index in [4.69, 9.17) is 0 Å². The summed E-state index contributed by atoms with van der Waals surface area (Å²) < 4.78 is 0. The van der Waals surface area contributed by atoms with Crippen LogP contribution in [-0.2, 0) is 4.79 Å². The van der Waals surface area contributed by atoms with Gasteiger partial charge in [0.05, 0.1) is 0 Å². The minimum atomic E-state index is 0.313. The lowest BCUT2D eigenvalue weighted by atomic mass is 9.89. The number of hydrogen-bond donors (Lipinski definition) is 1. The molecule has 4 heteroatoms. The second kappa shape index (κ2) is 6.69. The first-order valence-electron chi connectivity index (χ1n) is 8.40. The lowest BCUT2D eigenvalue weighted by Gasteiger charge is -2.33. The molecule has 0 unspecified atom stereocenters. The molecule has 0 spiro atoms. The average Bonchev–Trinajstić information content (AvgIpc) is 2.92. The van der Waals surface area contributed by atoms with E-state index in [1.165, 1.54) is 12.0 Å². The van der Waals surface area contributed by atoms with Crippen LogP contribution < -0.4 is 0 Å². The summed E-state index contributed by atoms with van der Waals surface area (Å²) in [4.78, 5) is 16.8. The average molecular weight is 302 g/mol. The van der Waals surface area contributed by atoms with E-state index in [1.54, 1.807) is 6.07 Å². The van der Waals surface area contributed by atoms with Crippen LogP contribution in [0, 0.1) is 0 Å². The minimum Gasteiger partial charge on any atom is -0.508 e. The van der Waals surface area contributed by atoms with Gasteiger partial charge in [0.15, 0.2) is 0 Å². The number of amides is 1. The Morgan fingerprint density at radius 3 is 2.64 bits per heavy atom. The van der Waals surface area contributed by atoms with E-state index in [0.717, 1.165) is 38.9 Å². The molecule has 1 N–H and O–H groups in total. The van der Waals surface area contributed by atoms with Gasteiger partial charge in [-0.25, -0.2) is 0 Å². The molecular formula is C18H26N2O2. The number of likely N-dealkylation sites (tertiary alicyclic amines) is 2. The topological polar surface area (TPSA) is 43.8 Å². The third-order valence-electron chi connectivity index (χ3n) is 5.27.